The first kappa shape index (κ1) is 8.88. The van der Waals surface area contributed by atoms with Crippen molar-refractivity contribution < 1.29 is 9.53 Å². The van der Waals surface area contributed by atoms with Crippen molar-refractivity contribution in [2.45, 2.75) is 32.1 Å². The normalized spacial score (nSPS) is 25.3. The zero-order valence-electron chi connectivity index (χ0n) is 8.62. The summed E-state index contributed by atoms with van der Waals surface area (Å²) in [5, 5.41) is 10.5. The van der Waals surface area contributed by atoms with E-state index in [0.717, 1.165) is 12.1 Å². The molecule has 0 bridgehead atoms. The van der Waals surface area contributed by atoms with E-state index in [4.69, 9.17) is 4.74 Å². The molecule has 0 aromatic carbocycles. The molecule has 5 nitrogen and oxygen atoms in total. The number of ether oxygens (including phenoxy) is 1. The highest BCUT2D eigenvalue weighted by Gasteiger charge is 2.64. The Balaban J connectivity index is 1.83. The van der Waals surface area contributed by atoms with Gasteiger partial charge in [-0.1, -0.05) is 0 Å². The van der Waals surface area contributed by atoms with Crippen molar-refractivity contribution in [1.82, 2.24) is 15.4 Å². The summed E-state index contributed by atoms with van der Waals surface area (Å²) in [5.74, 6) is 0.0830. The largest absolute Gasteiger partial charge is 0.461 e. The summed E-state index contributed by atoms with van der Waals surface area (Å²) >= 11 is 0. The van der Waals surface area contributed by atoms with Gasteiger partial charge in [0.25, 0.3) is 0 Å². The molecule has 1 atom stereocenters. The Morgan fingerprint density at radius 2 is 2.40 bits per heavy atom. The maximum atomic E-state index is 11.5. The van der Waals surface area contributed by atoms with Crippen molar-refractivity contribution in [3.63, 3.8) is 0 Å². The molecule has 15 heavy (non-hydrogen) atoms. The molecule has 1 heterocycles. The Bertz CT molecular complexity index is 409. The number of hydrogen-bond donors (Lipinski definition) is 1. The summed E-state index contributed by atoms with van der Waals surface area (Å²) < 4.78 is 4.93. The Hall–Kier alpha value is -1.39. The minimum atomic E-state index is -0.357. The number of H-pyrrole nitrogens is 1. The second-order valence-electron chi connectivity index (χ2n) is 4.40. The summed E-state index contributed by atoms with van der Waals surface area (Å²) in [4.78, 5) is 11.5. The predicted octanol–water partition coefficient (Wildman–Crippen LogP) is 1.25. The van der Waals surface area contributed by atoms with Gasteiger partial charge < -0.3 is 4.74 Å². The van der Waals surface area contributed by atoms with Gasteiger partial charge in [0.05, 0.1) is 6.61 Å². The minimum Gasteiger partial charge on any atom is -0.461 e. The molecule has 2 fully saturated rings. The fourth-order valence-electron chi connectivity index (χ4n) is 2.28. The van der Waals surface area contributed by atoms with E-state index >= 15 is 0 Å². The quantitative estimate of drug-likeness (QED) is 0.757. The van der Waals surface area contributed by atoms with E-state index in [1.807, 2.05) is 0 Å². The highest BCUT2D eigenvalue weighted by molar-refractivity contribution is 5.88. The third-order valence-corrected chi connectivity index (χ3v) is 3.46. The smallest absolute Gasteiger partial charge is 0.360 e. The van der Waals surface area contributed by atoms with Gasteiger partial charge in [-0.3, -0.25) is 0 Å². The van der Waals surface area contributed by atoms with E-state index in [0.29, 0.717) is 23.6 Å². The maximum Gasteiger partial charge on any atom is 0.360 e. The second-order valence-corrected chi connectivity index (χ2v) is 4.40. The molecule has 2 aliphatic carbocycles. The lowest BCUT2D eigenvalue weighted by molar-refractivity contribution is 0.0518. The Morgan fingerprint density at radius 1 is 1.60 bits per heavy atom. The Kier molecular flexibility index (Phi) is 1.66. The summed E-state index contributed by atoms with van der Waals surface area (Å²) in [6, 6.07) is 0. The first-order valence-corrected chi connectivity index (χ1v) is 5.34. The van der Waals surface area contributed by atoms with Crippen LogP contribution in [-0.2, 0) is 4.74 Å². The van der Waals surface area contributed by atoms with Gasteiger partial charge >= 0.3 is 5.97 Å². The van der Waals surface area contributed by atoms with Crippen molar-refractivity contribution >= 4 is 5.97 Å². The van der Waals surface area contributed by atoms with Crippen LogP contribution in [0.15, 0.2) is 0 Å². The number of hydrogen-bond acceptors (Lipinski definition) is 4. The van der Waals surface area contributed by atoms with Gasteiger partial charge in [-0.15, -0.1) is 5.10 Å². The fraction of sp³-hybridized carbons (Fsp3) is 0.700. The lowest BCUT2D eigenvalue weighted by Gasteiger charge is -1.99. The molecule has 0 aliphatic heterocycles. The monoisotopic (exact) mass is 207 g/mol. The van der Waals surface area contributed by atoms with Crippen LogP contribution < -0.4 is 0 Å². The van der Waals surface area contributed by atoms with Crippen LogP contribution in [-0.4, -0.2) is 28.0 Å². The number of carbonyl (C=O) groups excluding carboxylic acids is 1. The van der Waals surface area contributed by atoms with Gasteiger partial charge in [-0.2, -0.15) is 10.3 Å². The molecule has 2 aliphatic rings. The van der Waals surface area contributed by atoms with Gasteiger partial charge in [-0.05, 0) is 31.6 Å². The summed E-state index contributed by atoms with van der Waals surface area (Å²) in [7, 11) is 0. The van der Waals surface area contributed by atoms with Crippen molar-refractivity contribution in [3.05, 3.63) is 11.4 Å². The van der Waals surface area contributed by atoms with E-state index in [-0.39, 0.29) is 5.97 Å². The van der Waals surface area contributed by atoms with Crippen LogP contribution in [0, 0.1) is 5.41 Å². The molecule has 2 saturated carbocycles. The molecule has 0 amide bonds. The molecule has 0 radical (unpaired) electrons. The molecule has 80 valence electrons. The fourth-order valence-corrected chi connectivity index (χ4v) is 2.28. The number of rotatable bonds is 3. The molecule has 3 rings (SSSR count). The lowest BCUT2D eigenvalue weighted by Crippen LogP contribution is -2.08. The zero-order valence-corrected chi connectivity index (χ0v) is 8.62. The van der Waals surface area contributed by atoms with Gasteiger partial charge in [0.2, 0.25) is 0 Å². The highest BCUT2D eigenvalue weighted by atomic mass is 16.5. The van der Waals surface area contributed by atoms with Crippen molar-refractivity contribution in [2.24, 2.45) is 5.41 Å². The summed E-state index contributed by atoms with van der Waals surface area (Å²) in [6.07, 6.45) is 3.70. The molecule has 1 spiro atoms. The van der Waals surface area contributed by atoms with Gasteiger partial charge in [0.15, 0.2) is 5.69 Å². The number of nitrogens with one attached hydrogen (secondary N) is 1. The third kappa shape index (κ3) is 1.26. The zero-order chi connectivity index (χ0) is 10.5. The molecule has 1 unspecified atom stereocenters. The second kappa shape index (κ2) is 2.81. The average molecular weight is 207 g/mol. The molecular formula is C10H13N3O2. The number of aromatic nitrogens is 3. The first-order chi connectivity index (χ1) is 7.27. The molecule has 0 saturated heterocycles. The standard InChI is InChI=1S/C10H13N3O2/c1-2-15-9(14)8-7(11-13-12-8)6-5-10(6)3-4-10/h6H,2-5H2,1H3,(H,11,12,13). The molecular weight excluding hydrogens is 194 g/mol. The van der Waals surface area contributed by atoms with Gasteiger partial charge in [0, 0.05) is 5.92 Å². The van der Waals surface area contributed by atoms with Crippen molar-refractivity contribution in [1.29, 1.82) is 0 Å². The third-order valence-electron chi connectivity index (χ3n) is 3.46. The highest BCUT2D eigenvalue weighted by Crippen LogP contribution is 2.74. The van der Waals surface area contributed by atoms with Crippen molar-refractivity contribution in [2.75, 3.05) is 6.61 Å². The molecule has 5 heteroatoms. The predicted molar refractivity (Wildman–Crippen MR) is 51.4 cm³/mol. The van der Waals surface area contributed by atoms with Crippen LogP contribution in [0.3, 0.4) is 0 Å². The Labute approximate surface area is 87.2 Å². The van der Waals surface area contributed by atoms with Gasteiger partial charge in [-0.25, -0.2) is 4.79 Å². The average Bonchev–Trinajstić information content (AvgIpc) is 3.10. The van der Waals surface area contributed by atoms with E-state index in [1.165, 1.54) is 12.8 Å². The lowest BCUT2D eigenvalue weighted by atomic mass is 10.2. The van der Waals surface area contributed by atoms with E-state index in [1.54, 1.807) is 6.92 Å². The molecule has 1 aromatic rings. The van der Waals surface area contributed by atoms with Crippen LogP contribution >= 0.6 is 0 Å². The number of carbonyl (C=O) groups is 1. The molecule has 1 N–H and O–H groups in total. The van der Waals surface area contributed by atoms with Crippen LogP contribution in [0.25, 0.3) is 0 Å². The molecule has 1 aromatic heterocycles. The van der Waals surface area contributed by atoms with Crippen molar-refractivity contribution in [3.8, 4) is 0 Å². The maximum absolute atomic E-state index is 11.5. The van der Waals surface area contributed by atoms with E-state index in [2.05, 4.69) is 15.4 Å². The summed E-state index contributed by atoms with van der Waals surface area (Å²) in [6.45, 7) is 2.16. The minimum absolute atomic E-state index is 0.357. The SMILES string of the molecule is CCOC(=O)c1n[nH]nc1C1CC12CC2. The van der Waals surface area contributed by atoms with E-state index in [9.17, 15) is 4.79 Å². The van der Waals surface area contributed by atoms with Crippen LogP contribution in [0.5, 0.6) is 0 Å². The van der Waals surface area contributed by atoms with Crippen LogP contribution in [0.1, 0.15) is 48.3 Å². The topological polar surface area (TPSA) is 67.9 Å². The summed E-state index contributed by atoms with van der Waals surface area (Å²) in [5.41, 5.74) is 1.68. The number of esters is 1. The first-order valence-electron chi connectivity index (χ1n) is 5.34. The van der Waals surface area contributed by atoms with E-state index < -0.39 is 0 Å². The number of aromatic amines is 1. The number of nitrogens with zero attached hydrogens (tertiary/aromatic N) is 2. The van der Waals surface area contributed by atoms with Crippen LogP contribution in [0.2, 0.25) is 0 Å². The van der Waals surface area contributed by atoms with Gasteiger partial charge in [0.1, 0.15) is 5.69 Å². The Morgan fingerprint density at radius 3 is 3.00 bits per heavy atom. The van der Waals surface area contributed by atoms with Crippen LogP contribution in [0.4, 0.5) is 0 Å².